The quantitative estimate of drug-likeness (QED) is 0.780. The number of carbonyl (C=O) groups excluding carboxylic acids is 1. The number of carbonyl (C=O) groups is 1. The van der Waals surface area contributed by atoms with Crippen LogP contribution in [0.4, 0.5) is 0 Å². The fourth-order valence-corrected chi connectivity index (χ4v) is 3.54. The minimum atomic E-state index is 0.166. The van der Waals surface area contributed by atoms with Crippen molar-refractivity contribution >= 4 is 17.7 Å². The van der Waals surface area contributed by atoms with Crippen LogP contribution in [0.5, 0.6) is 0 Å². The second-order valence-electron chi connectivity index (χ2n) is 6.16. The Kier molecular flexibility index (Phi) is 6.50. The SMILES string of the molecule is CCC(C)NC(=O)CCNC1CSCC(C)(C)C1. The Morgan fingerprint density at radius 1 is 1.50 bits per heavy atom. The highest BCUT2D eigenvalue weighted by atomic mass is 32.2. The van der Waals surface area contributed by atoms with Gasteiger partial charge >= 0.3 is 0 Å². The van der Waals surface area contributed by atoms with Gasteiger partial charge in [-0.3, -0.25) is 4.79 Å². The summed E-state index contributed by atoms with van der Waals surface area (Å²) in [5, 5.41) is 6.52. The molecule has 1 aliphatic rings. The van der Waals surface area contributed by atoms with E-state index in [-0.39, 0.29) is 5.91 Å². The molecule has 0 radical (unpaired) electrons. The van der Waals surface area contributed by atoms with Crippen molar-refractivity contribution in [1.29, 1.82) is 0 Å². The minimum Gasteiger partial charge on any atom is -0.354 e. The molecular weight excluding hydrogens is 244 g/mol. The minimum absolute atomic E-state index is 0.166. The molecule has 1 rings (SSSR count). The van der Waals surface area contributed by atoms with Crippen molar-refractivity contribution in [2.45, 2.75) is 59.0 Å². The van der Waals surface area contributed by atoms with Crippen molar-refractivity contribution in [3.8, 4) is 0 Å². The highest BCUT2D eigenvalue weighted by Crippen LogP contribution is 2.33. The van der Waals surface area contributed by atoms with Crippen LogP contribution in [0.2, 0.25) is 0 Å². The van der Waals surface area contributed by atoms with Gasteiger partial charge in [-0.25, -0.2) is 0 Å². The lowest BCUT2D eigenvalue weighted by Crippen LogP contribution is -2.42. The molecule has 0 aliphatic carbocycles. The Balaban J connectivity index is 2.15. The van der Waals surface area contributed by atoms with Gasteiger partial charge in [-0.05, 0) is 30.9 Å². The molecule has 4 heteroatoms. The summed E-state index contributed by atoms with van der Waals surface area (Å²) in [4.78, 5) is 11.6. The Bertz CT molecular complexity index is 269. The standard InChI is InChI=1S/C14H28N2OS/c1-5-11(2)16-13(17)6-7-15-12-8-14(3,4)10-18-9-12/h11-12,15H,5-10H2,1-4H3,(H,16,17). The number of hydrogen-bond acceptors (Lipinski definition) is 3. The average Bonchev–Trinajstić information content (AvgIpc) is 2.27. The smallest absolute Gasteiger partial charge is 0.221 e. The Hall–Kier alpha value is -0.220. The van der Waals surface area contributed by atoms with E-state index in [0.29, 0.717) is 23.9 Å². The van der Waals surface area contributed by atoms with E-state index in [4.69, 9.17) is 0 Å². The molecule has 2 unspecified atom stereocenters. The highest BCUT2D eigenvalue weighted by molar-refractivity contribution is 7.99. The fourth-order valence-electron chi connectivity index (χ4n) is 2.23. The van der Waals surface area contributed by atoms with Crippen LogP contribution in [0.15, 0.2) is 0 Å². The van der Waals surface area contributed by atoms with Crippen LogP contribution in [-0.4, -0.2) is 36.0 Å². The van der Waals surface area contributed by atoms with Crippen molar-refractivity contribution < 1.29 is 4.79 Å². The lowest BCUT2D eigenvalue weighted by Gasteiger charge is -2.35. The molecule has 0 bridgehead atoms. The van der Waals surface area contributed by atoms with Gasteiger partial charge in [0.1, 0.15) is 0 Å². The van der Waals surface area contributed by atoms with Crippen molar-refractivity contribution in [2.75, 3.05) is 18.1 Å². The zero-order valence-electron chi connectivity index (χ0n) is 12.2. The summed E-state index contributed by atoms with van der Waals surface area (Å²) in [6.07, 6.45) is 2.80. The molecular formula is C14H28N2OS. The molecule has 0 spiro atoms. The summed E-state index contributed by atoms with van der Waals surface area (Å²) < 4.78 is 0. The average molecular weight is 272 g/mol. The van der Waals surface area contributed by atoms with Gasteiger partial charge in [-0.2, -0.15) is 11.8 Å². The van der Waals surface area contributed by atoms with E-state index in [1.807, 2.05) is 18.7 Å². The van der Waals surface area contributed by atoms with Crippen molar-refractivity contribution in [2.24, 2.45) is 5.41 Å². The first-order valence-electron chi connectivity index (χ1n) is 7.03. The number of thioether (sulfide) groups is 1. The number of hydrogen-bond donors (Lipinski definition) is 2. The summed E-state index contributed by atoms with van der Waals surface area (Å²) in [7, 11) is 0. The molecule has 0 aromatic heterocycles. The molecule has 1 fully saturated rings. The van der Waals surface area contributed by atoms with Gasteiger partial charge in [0.2, 0.25) is 5.91 Å². The maximum Gasteiger partial charge on any atom is 0.221 e. The number of nitrogens with one attached hydrogen (secondary N) is 2. The van der Waals surface area contributed by atoms with Crippen LogP contribution >= 0.6 is 11.8 Å². The second kappa shape index (κ2) is 7.39. The molecule has 18 heavy (non-hydrogen) atoms. The predicted molar refractivity (Wildman–Crippen MR) is 80.0 cm³/mol. The Morgan fingerprint density at radius 2 is 2.22 bits per heavy atom. The van der Waals surface area contributed by atoms with Gasteiger partial charge in [0.25, 0.3) is 0 Å². The maximum atomic E-state index is 11.6. The molecule has 0 aromatic carbocycles. The Morgan fingerprint density at radius 3 is 2.83 bits per heavy atom. The molecule has 2 atom stereocenters. The lowest BCUT2D eigenvalue weighted by molar-refractivity contribution is -0.121. The molecule has 3 nitrogen and oxygen atoms in total. The van der Waals surface area contributed by atoms with Crippen LogP contribution in [0.1, 0.15) is 47.0 Å². The van der Waals surface area contributed by atoms with Crippen LogP contribution in [0, 0.1) is 5.41 Å². The van der Waals surface area contributed by atoms with Crippen LogP contribution < -0.4 is 10.6 Å². The van der Waals surface area contributed by atoms with Gasteiger partial charge < -0.3 is 10.6 Å². The van der Waals surface area contributed by atoms with Gasteiger partial charge in [0.05, 0.1) is 0 Å². The zero-order chi connectivity index (χ0) is 13.6. The van der Waals surface area contributed by atoms with Crippen LogP contribution in [0.3, 0.4) is 0 Å². The monoisotopic (exact) mass is 272 g/mol. The van der Waals surface area contributed by atoms with E-state index in [1.54, 1.807) is 0 Å². The van der Waals surface area contributed by atoms with Crippen LogP contribution in [0.25, 0.3) is 0 Å². The molecule has 1 saturated heterocycles. The van der Waals surface area contributed by atoms with Crippen molar-refractivity contribution in [1.82, 2.24) is 10.6 Å². The predicted octanol–water partition coefficient (Wildman–Crippen LogP) is 2.41. The van der Waals surface area contributed by atoms with E-state index in [9.17, 15) is 4.79 Å². The lowest BCUT2D eigenvalue weighted by atomic mass is 9.88. The first-order chi connectivity index (χ1) is 8.43. The Labute approximate surface area is 116 Å². The first-order valence-corrected chi connectivity index (χ1v) is 8.19. The third-order valence-corrected chi connectivity index (χ3v) is 5.04. The number of rotatable bonds is 6. The summed E-state index contributed by atoms with van der Waals surface area (Å²) in [6.45, 7) is 9.58. The molecule has 1 aliphatic heterocycles. The fraction of sp³-hybridized carbons (Fsp3) is 0.929. The summed E-state index contributed by atoms with van der Waals surface area (Å²) in [5.74, 6) is 2.59. The second-order valence-corrected chi connectivity index (χ2v) is 7.19. The van der Waals surface area contributed by atoms with Gasteiger partial charge in [0, 0.05) is 30.8 Å². The summed E-state index contributed by atoms with van der Waals surface area (Å²) in [6, 6.07) is 0.858. The third kappa shape index (κ3) is 6.10. The number of amides is 1. The van der Waals surface area contributed by atoms with E-state index in [1.165, 1.54) is 17.9 Å². The highest BCUT2D eigenvalue weighted by Gasteiger charge is 2.27. The van der Waals surface area contributed by atoms with E-state index >= 15 is 0 Å². The van der Waals surface area contributed by atoms with E-state index in [0.717, 1.165) is 13.0 Å². The molecule has 106 valence electrons. The van der Waals surface area contributed by atoms with Crippen LogP contribution in [-0.2, 0) is 4.79 Å². The third-order valence-electron chi connectivity index (χ3n) is 3.42. The molecule has 1 heterocycles. The molecule has 1 amide bonds. The van der Waals surface area contributed by atoms with Crippen molar-refractivity contribution in [3.05, 3.63) is 0 Å². The van der Waals surface area contributed by atoms with Crippen molar-refractivity contribution in [3.63, 3.8) is 0 Å². The summed E-state index contributed by atoms with van der Waals surface area (Å²) in [5.41, 5.74) is 0.430. The normalized spacial score (nSPS) is 24.6. The first kappa shape index (κ1) is 15.8. The van der Waals surface area contributed by atoms with Gasteiger partial charge in [0.15, 0.2) is 0 Å². The summed E-state index contributed by atoms with van der Waals surface area (Å²) >= 11 is 2.02. The topological polar surface area (TPSA) is 41.1 Å². The van der Waals surface area contributed by atoms with E-state index < -0.39 is 0 Å². The molecule has 0 aromatic rings. The molecule has 2 N–H and O–H groups in total. The maximum absolute atomic E-state index is 11.6. The van der Waals surface area contributed by atoms with Gasteiger partial charge in [-0.15, -0.1) is 0 Å². The van der Waals surface area contributed by atoms with Gasteiger partial charge in [-0.1, -0.05) is 20.8 Å². The van der Waals surface area contributed by atoms with E-state index in [2.05, 4.69) is 31.4 Å². The zero-order valence-corrected chi connectivity index (χ0v) is 13.0. The largest absolute Gasteiger partial charge is 0.354 e. The molecule has 0 saturated carbocycles.